The van der Waals surface area contributed by atoms with Crippen LogP contribution < -0.4 is 22.1 Å². The lowest BCUT2D eigenvalue weighted by molar-refractivity contribution is 0.658. The van der Waals surface area contributed by atoms with Gasteiger partial charge in [0.2, 0.25) is 5.95 Å². The van der Waals surface area contributed by atoms with E-state index in [2.05, 4.69) is 20.3 Å². The summed E-state index contributed by atoms with van der Waals surface area (Å²) in [5, 5.41) is 3.25. The largest absolute Gasteiger partial charge is 0.354 e. The summed E-state index contributed by atoms with van der Waals surface area (Å²) in [4.78, 5) is 44.6. The second-order valence-electron chi connectivity index (χ2n) is 4.77. The van der Waals surface area contributed by atoms with Crippen molar-refractivity contribution in [1.82, 2.24) is 19.5 Å². The minimum absolute atomic E-state index is 0.0160. The zero-order chi connectivity index (χ0) is 16.4. The Kier molecular flexibility index (Phi) is 3.98. The summed E-state index contributed by atoms with van der Waals surface area (Å²) in [7, 11) is 0. The first kappa shape index (κ1) is 15.0. The van der Waals surface area contributed by atoms with E-state index in [-0.39, 0.29) is 29.6 Å². The number of aromatic nitrogens is 4. The number of benzene rings is 1. The second-order valence-corrected chi connectivity index (χ2v) is 5.18. The molecule has 0 saturated carbocycles. The molecule has 118 valence electrons. The Bertz CT molecular complexity index is 1040. The highest BCUT2D eigenvalue weighted by molar-refractivity contribution is 6.30. The number of rotatable bonds is 4. The van der Waals surface area contributed by atoms with E-state index in [1.54, 1.807) is 24.3 Å². The Balaban J connectivity index is 1.82. The van der Waals surface area contributed by atoms with E-state index >= 15 is 0 Å². The van der Waals surface area contributed by atoms with Crippen LogP contribution in [0, 0.1) is 0 Å². The zero-order valence-electron chi connectivity index (χ0n) is 11.8. The van der Waals surface area contributed by atoms with Gasteiger partial charge in [-0.3, -0.25) is 19.1 Å². The van der Waals surface area contributed by atoms with Gasteiger partial charge in [0.25, 0.3) is 11.1 Å². The summed E-state index contributed by atoms with van der Waals surface area (Å²) in [5.41, 5.74) is -0.836. The van der Waals surface area contributed by atoms with Crippen molar-refractivity contribution in [2.75, 3.05) is 11.9 Å². The molecular formula is C14H12ClN5O3. The molecular weight excluding hydrogens is 322 g/mol. The van der Waals surface area contributed by atoms with Crippen LogP contribution in [0.1, 0.15) is 0 Å². The Morgan fingerprint density at radius 2 is 1.96 bits per heavy atom. The summed E-state index contributed by atoms with van der Waals surface area (Å²) in [6.45, 7) is 0.344. The third kappa shape index (κ3) is 3.02. The third-order valence-electron chi connectivity index (χ3n) is 3.27. The minimum atomic E-state index is -0.493. The predicted octanol–water partition coefficient (Wildman–Crippen LogP) is 0.539. The molecule has 8 nitrogen and oxygen atoms in total. The SMILES string of the molecule is O=c1[nH]c(NCCn2c(=O)[nH]c3ccccc3c2=O)ncc1Cl. The van der Waals surface area contributed by atoms with Crippen LogP contribution in [0.4, 0.5) is 5.95 Å². The van der Waals surface area contributed by atoms with E-state index in [0.717, 1.165) is 4.57 Å². The van der Waals surface area contributed by atoms with Crippen molar-refractivity contribution in [1.29, 1.82) is 0 Å². The van der Waals surface area contributed by atoms with Crippen molar-refractivity contribution in [2.24, 2.45) is 0 Å². The van der Waals surface area contributed by atoms with E-state index in [9.17, 15) is 14.4 Å². The van der Waals surface area contributed by atoms with Crippen LogP contribution in [0.25, 0.3) is 10.9 Å². The molecule has 0 unspecified atom stereocenters. The van der Waals surface area contributed by atoms with Crippen LogP contribution in [-0.2, 0) is 6.54 Å². The molecule has 2 heterocycles. The van der Waals surface area contributed by atoms with Crippen molar-refractivity contribution in [3.05, 3.63) is 66.7 Å². The first-order valence-corrected chi connectivity index (χ1v) is 7.14. The number of para-hydroxylation sites is 1. The van der Waals surface area contributed by atoms with Gasteiger partial charge >= 0.3 is 5.69 Å². The number of hydrogen-bond donors (Lipinski definition) is 3. The van der Waals surface area contributed by atoms with Gasteiger partial charge in [-0.05, 0) is 12.1 Å². The number of halogens is 1. The van der Waals surface area contributed by atoms with Crippen LogP contribution in [0.15, 0.2) is 44.8 Å². The second kappa shape index (κ2) is 6.09. The van der Waals surface area contributed by atoms with E-state index < -0.39 is 11.2 Å². The van der Waals surface area contributed by atoms with E-state index in [4.69, 9.17) is 11.6 Å². The maximum absolute atomic E-state index is 12.3. The lowest BCUT2D eigenvalue weighted by Crippen LogP contribution is -2.37. The molecule has 0 radical (unpaired) electrons. The molecule has 3 N–H and O–H groups in total. The summed E-state index contributed by atoms with van der Waals surface area (Å²) in [6, 6.07) is 6.79. The lowest BCUT2D eigenvalue weighted by atomic mass is 10.2. The fraction of sp³-hybridized carbons (Fsp3) is 0.143. The standard InChI is InChI=1S/C14H12ClN5O3/c15-9-7-17-13(19-11(9)21)16-5-6-20-12(22)8-3-1-2-4-10(8)18-14(20)23/h1-4,7H,5-6H2,(H,18,23)(H2,16,17,19,21). The van der Waals surface area contributed by atoms with E-state index in [1.807, 2.05) is 0 Å². The van der Waals surface area contributed by atoms with Gasteiger partial charge in [0.05, 0.1) is 17.1 Å². The summed E-state index contributed by atoms with van der Waals surface area (Å²) in [5.74, 6) is 0.213. The number of nitrogens with one attached hydrogen (secondary N) is 3. The molecule has 0 spiro atoms. The maximum Gasteiger partial charge on any atom is 0.328 e. The Labute approximate surface area is 133 Å². The molecule has 0 bridgehead atoms. The Morgan fingerprint density at radius 3 is 2.74 bits per heavy atom. The molecule has 0 aliphatic carbocycles. The van der Waals surface area contributed by atoms with Gasteiger partial charge in [0, 0.05) is 13.1 Å². The van der Waals surface area contributed by atoms with Crippen molar-refractivity contribution in [3.8, 4) is 0 Å². The lowest BCUT2D eigenvalue weighted by Gasteiger charge is -2.08. The average molecular weight is 334 g/mol. The van der Waals surface area contributed by atoms with Crippen LogP contribution in [0.2, 0.25) is 5.02 Å². The van der Waals surface area contributed by atoms with Gasteiger partial charge in [-0.25, -0.2) is 9.78 Å². The normalized spacial score (nSPS) is 10.8. The third-order valence-corrected chi connectivity index (χ3v) is 3.54. The molecule has 0 atom stereocenters. The number of hydrogen-bond acceptors (Lipinski definition) is 5. The van der Waals surface area contributed by atoms with Crippen molar-refractivity contribution in [3.63, 3.8) is 0 Å². The van der Waals surface area contributed by atoms with Crippen molar-refractivity contribution < 1.29 is 0 Å². The Hall–Kier alpha value is -2.87. The Morgan fingerprint density at radius 1 is 1.17 bits per heavy atom. The highest BCUT2D eigenvalue weighted by atomic mass is 35.5. The van der Waals surface area contributed by atoms with Crippen LogP contribution in [-0.4, -0.2) is 26.1 Å². The molecule has 0 aliphatic rings. The van der Waals surface area contributed by atoms with Crippen molar-refractivity contribution in [2.45, 2.75) is 6.54 Å². The van der Waals surface area contributed by atoms with Gasteiger partial charge in [-0.15, -0.1) is 0 Å². The van der Waals surface area contributed by atoms with Gasteiger partial charge in [0.15, 0.2) is 0 Å². The molecule has 0 amide bonds. The molecule has 23 heavy (non-hydrogen) atoms. The molecule has 0 fully saturated rings. The molecule has 2 aromatic heterocycles. The van der Waals surface area contributed by atoms with Gasteiger partial charge < -0.3 is 10.3 Å². The number of nitrogens with zero attached hydrogens (tertiary/aromatic N) is 2. The minimum Gasteiger partial charge on any atom is -0.354 e. The predicted molar refractivity (Wildman–Crippen MR) is 87.2 cm³/mol. The molecule has 3 rings (SSSR count). The van der Waals surface area contributed by atoms with Crippen LogP contribution in [0.5, 0.6) is 0 Å². The first-order chi connectivity index (χ1) is 11.1. The molecule has 9 heteroatoms. The number of anilines is 1. The monoisotopic (exact) mass is 333 g/mol. The summed E-state index contributed by atoms with van der Waals surface area (Å²) < 4.78 is 1.09. The zero-order valence-corrected chi connectivity index (χ0v) is 12.6. The van der Waals surface area contributed by atoms with E-state index in [0.29, 0.717) is 10.9 Å². The molecule has 3 aromatic rings. The van der Waals surface area contributed by atoms with Crippen LogP contribution in [0.3, 0.4) is 0 Å². The number of H-pyrrole nitrogens is 2. The highest BCUT2D eigenvalue weighted by Gasteiger charge is 2.07. The number of aromatic amines is 2. The van der Waals surface area contributed by atoms with Crippen LogP contribution >= 0.6 is 11.6 Å². The highest BCUT2D eigenvalue weighted by Crippen LogP contribution is 2.03. The van der Waals surface area contributed by atoms with Gasteiger partial charge in [-0.2, -0.15) is 0 Å². The van der Waals surface area contributed by atoms with E-state index in [1.165, 1.54) is 6.20 Å². The van der Waals surface area contributed by atoms with Gasteiger partial charge in [0.1, 0.15) is 5.02 Å². The van der Waals surface area contributed by atoms with Crippen molar-refractivity contribution >= 4 is 28.5 Å². The summed E-state index contributed by atoms with van der Waals surface area (Å²) >= 11 is 5.58. The maximum atomic E-state index is 12.3. The average Bonchev–Trinajstić information content (AvgIpc) is 2.54. The molecule has 0 saturated heterocycles. The fourth-order valence-electron chi connectivity index (χ4n) is 2.16. The topological polar surface area (TPSA) is 113 Å². The quantitative estimate of drug-likeness (QED) is 0.645. The smallest absolute Gasteiger partial charge is 0.328 e. The summed E-state index contributed by atoms with van der Waals surface area (Å²) in [6.07, 6.45) is 1.22. The first-order valence-electron chi connectivity index (χ1n) is 6.77. The van der Waals surface area contributed by atoms with Gasteiger partial charge in [-0.1, -0.05) is 23.7 Å². The fourth-order valence-corrected chi connectivity index (χ4v) is 2.25. The molecule has 0 aliphatic heterocycles. The number of fused-ring (bicyclic) bond motifs is 1. The molecule has 1 aromatic carbocycles.